The van der Waals surface area contributed by atoms with Crippen LogP contribution in [0.5, 0.6) is 0 Å². The van der Waals surface area contributed by atoms with E-state index in [0.29, 0.717) is 6.42 Å². The van der Waals surface area contributed by atoms with Gasteiger partial charge in [-0.2, -0.15) is 0 Å². The molecular formula is C15H23N3O2S. The summed E-state index contributed by atoms with van der Waals surface area (Å²) in [7, 11) is 1.45. The lowest BCUT2D eigenvalue weighted by Gasteiger charge is -2.15. The molecule has 2 rings (SSSR count). The molecule has 0 aromatic carbocycles. The third kappa shape index (κ3) is 4.09. The summed E-state index contributed by atoms with van der Waals surface area (Å²) in [5, 5.41) is 4.31. The Kier molecular flexibility index (Phi) is 5.45. The van der Waals surface area contributed by atoms with Crippen LogP contribution >= 0.6 is 11.8 Å². The highest BCUT2D eigenvalue weighted by Gasteiger charge is 2.44. The average molecular weight is 309 g/mol. The van der Waals surface area contributed by atoms with Gasteiger partial charge >= 0.3 is 5.97 Å². The molecule has 5 nitrogen and oxygen atoms in total. The van der Waals surface area contributed by atoms with E-state index in [1.54, 1.807) is 18.1 Å². The van der Waals surface area contributed by atoms with Gasteiger partial charge in [0.25, 0.3) is 0 Å². The smallest absolute Gasteiger partial charge is 0.306 e. The quantitative estimate of drug-likeness (QED) is 0.452. The van der Waals surface area contributed by atoms with E-state index in [0.717, 1.165) is 42.4 Å². The highest BCUT2D eigenvalue weighted by molar-refractivity contribution is 7.99. The number of carbonyl (C=O) groups is 1. The van der Waals surface area contributed by atoms with Gasteiger partial charge in [-0.05, 0) is 31.6 Å². The summed E-state index contributed by atoms with van der Waals surface area (Å²) in [4.78, 5) is 20.2. The number of nitrogens with one attached hydrogen (secondary N) is 1. The topological polar surface area (TPSA) is 64.1 Å². The minimum Gasteiger partial charge on any atom is -0.469 e. The number of methoxy groups -OCH3 is 1. The van der Waals surface area contributed by atoms with Crippen molar-refractivity contribution in [1.82, 2.24) is 9.97 Å². The van der Waals surface area contributed by atoms with Crippen LogP contribution in [-0.4, -0.2) is 35.3 Å². The van der Waals surface area contributed by atoms with E-state index < -0.39 is 0 Å². The van der Waals surface area contributed by atoms with E-state index in [-0.39, 0.29) is 11.4 Å². The highest BCUT2D eigenvalue weighted by atomic mass is 32.2. The number of ether oxygens (including phenoxy) is 1. The lowest BCUT2D eigenvalue weighted by molar-refractivity contribution is -0.141. The minimum atomic E-state index is -0.111. The maximum Gasteiger partial charge on any atom is 0.306 e. The summed E-state index contributed by atoms with van der Waals surface area (Å²) in [5.74, 6) is 1.73. The Hall–Kier alpha value is -1.30. The molecule has 1 fully saturated rings. The van der Waals surface area contributed by atoms with Gasteiger partial charge in [0.15, 0.2) is 0 Å². The van der Waals surface area contributed by atoms with Crippen molar-refractivity contribution in [2.45, 2.75) is 44.6 Å². The third-order valence-electron chi connectivity index (χ3n) is 3.82. The number of nitrogens with zero attached hydrogens (tertiary/aromatic N) is 2. The Labute approximate surface area is 130 Å². The summed E-state index contributed by atoms with van der Waals surface area (Å²) in [6.45, 7) is 5.02. The Balaban J connectivity index is 2.03. The Morgan fingerprint density at radius 1 is 1.43 bits per heavy atom. The zero-order chi connectivity index (χ0) is 15.3. The first-order valence-electron chi connectivity index (χ1n) is 7.41. The van der Waals surface area contributed by atoms with Gasteiger partial charge in [0.2, 0.25) is 0 Å². The molecule has 0 bridgehead atoms. The van der Waals surface area contributed by atoms with E-state index >= 15 is 0 Å². The Bertz CT molecular complexity index is 504. The van der Waals surface area contributed by atoms with Gasteiger partial charge in [-0.1, -0.05) is 6.92 Å². The highest BCUT2D eigenvalue weighted by Crippen LogP contribution is 2.52. The summed E-state index contributed by atoms with van der Waals surface area (Å²) >= 11 is 1.73. The largest absolute Gasteiger partial charge is 0.469 e. The van der Waals surface area contributed by atoms with Crippen molar-refractivity contribution < 1.29 is 9.53 Å². The van der Waals surface area contributed by atoms with Crippen molar-refractivity contribution in [1.29, 1.82) is 0 Å². The Morgan fingerprint density at radius 3 is 2.76 bits per heavy atom. The summed E-state index contributed by atoms with van der Waals surface area (Å²) < 4.78 is 4.79. The van der Waals surface area contributed by atoms with E-state index in [4.69, 9.17) is 4.74 Å². The lowest BCUT2D eigenvalue weighted by atomic mass is 10.1. The van der Waals surface area contributed by atoms with Gasteiger partial charge in [-0.15, -0.1) is 11.8 Å². The van der Waals surface area contributed by atoms with Crippen molar-refractivity contribution in [3.8, 4) is 0 Å². The molecule has 0 amide bonds. The number of hydrogen-bond donors (Lipinski definition) is 1. The number of thioether (sulfide) groups is 1. The number of anilines is 1. The predicted molar refractivity (Wildman–Crippen MR) is 84.6 cm³/mol. The van der Waals surface area contributed by atoms with E-state index in [1.807, 2.05) is 0 Å². The van der Waals surface area contributed by atoms with Gasteiger partial charge in [0.1, 0.15) is 17.2 Å². The van der Waals surface area contributed by atoms with Crippen molar-refractivity contribution in [2.75, 3.05) is 24.7 Å². The molecule has 0 aliphatic heterocycles. The standard InChI is InChI=1S/C15H23N3O2S/c1-4-11-13(16-5-2)17-10-18-14(11)21-9-15(6-7-15)8-12(19)20-3/h10H,4-9H2,1-3H3,(H,16,17,18). The van der Waals surface area contributed by atoms with Crippen LogP contribution in [0.15, 0.2) is 11.4 Å². The molecule has 21 heavy (non-hydrogen) atoms. The van der Waals surface area contributed by atoms with E-state index in [1.165, 1.54) is 12.7 Å². The molecule has 1 aromatic heterocycles. The maximum atomic E-state index is 11.5. The number of carbonyl (C=O) groups excluding carboxylic acids is 1. The second-order valence-corrected chi connectivity index (χ2v) is 6.40. The van der Waals surface area contributed by atoms with Gasteiger partial charge in [0, 0.05) is 17.9 Å². The molecule has 0 saturated heterocycles. The first-order valence-corrected chi connectivity index (χ1v) is 8.40. The molecule has 1 aliphatic carbocycles. The van der Waals surface area contributed by atoms with Crippen molar-refractivity contribution in [3.63, 3.8) is 0 Å². The molecule has 0 spiro atoms. The summed E-state index contributed by atoms with van der Waals surface area (Å²) in [6.07, 6.45) is 5.22. The van der Waals surface area contributed by atoms with Crippen LogP contribution in [0.1, 0.15) is 38.7 Å². The molecule has 0 atom stereocenters. The molecule has 1 heterocycles. The van der Waals surface area contributed by atoms with Crippen LogP contribution in [0.2, 0.25) is 0 Å². The number of esters is 1. The van der Waals surface area contributed by atoms with Crippen LogP contribution in [0.4, 0.5) is 5.82 Å². The molecule has 1 N–H and O–H groups in total. The molecule has 1 aromatic rings. The van der Waals surface area contributed by atoms with Crippen LogP contribution in [-0.2, 0) is 16.0 Å². The average Bonchev–Trinajstić information content (AvgIpc) is 3.25. The third-order valence-corrected chi connectivity index (χ3v) is 5.20. The van der Waals surface area contributed by atoms with E-state index in [9.17, 15) is 4.79 Å². The van der Waals surface area contributed by atoms with Gasteiger partial charge in [-0.25, -0.2) is 9.97 Å². The Morgan fingerprint density at radius 2 is 2.19 bits per heavy atom. The van der Waals surface area contributed by atoms with Crippen LogP contribution in [0.3, 0.4) is 0 Å². The number of hydrogen-bond acceptors (Lipinski definition) is 6. The molecule has 116 valence electrons. The first kappa shape index (κ1) is 16.1. The first-order chi connectivity index (χ1) is 10.1. The van der Waals surface area contributed by atoms with E-state index in [2.05, 4.69) is 29.1 Å². The fourth-order valence-corrected chi connectivity index (χ4v) is 3.68. The number of rotatable bonds is 8. The zero-order valence-corrected chi connectivity index (χ0v) is 13.8. The molecule has 0 radical (unpaired) electrons. The summed E-state index contributed by atoms with van der Waals surface area (Å²) in [5.41, 5.74) is 1.28. The number of aromatic nitrogens is 2. The normalized spacial score (nSPS) is 15.6. The van der Waals surface area contributed by atoms with Crippen LogP contribution < -0.4 is 5.32 Å². The van der Waals surface area contributed by atoms with Crippen molar-refractivity contribution in [2.24, 2.45) is 5.41 Å². The van der Waals surface area contributed by atoms with Gasteiger partial charge in [-0.3, -0.25) is 4.79 Å². The van der Waals surface area contributed by atoms with Crippen LogP contribution in [0.25, 0.3) is 0 Å². The fourth-order valence-electron chi connectivity index (χ4n) is 2.31. The monoisotopic (exact) mass is 309 g/mol. The van der Waals surface area contributed by atoms with Gasteiger partial charge in [0.05, 0.1) is 13.5 Å². The molecule has 1 saturated carbocycles. The van der Waals surface area contributed by atoms with Crippen LogP contribution in [0, 0.1) is 5.41 Å². The fraction of sp³-hybridized carbons (Fsp3) is 0.667. The molecule has 0 unspecified atom stereocenters. The predicted octanol–water partition coefficient (Wildman–Crippen LogP) is 2.91. The summed E-state index contributed by atoms with van der Waals surface area (Å²) in [6, 6.07) is 0. The van der Waals surface area contributed by atoms with Crippen molar-refractivity contribution in [3.05, 3.63) is 11.9 Å². The molecular weight excluding hydrogens is 286 g/mol. The lowest BCUT2D eigenvalue weighted by Crippen LogP contribution is -2.13. The molecule has 1 aliphatic rings. The molecule has 6 heteroatoms. The minimum absolute atomic E-state index is 0.111. The van der Waals surface area contributed by atoms with Crippen molar-refractivity contribution >= 4 is 23.5 Å². The second-order valence-electron chi connectivity index (χ2n) is 5.43. The SMILES string of the molecule is CCNc1ncnc(SCC2(CC(=O)OC)CC2)c1CC. The second kappa shape index (κ2) is 7.11. The van der Waals surface area contributed by atoms with Gasteiger partial charge < -0.3 is 10.1 Å². The zero-order valence-electron chi connectivity index (χ0n) is 12.9. The maximum absolute atomic E-state index is 11.5.